The van der Waals surface area contributed by atoms with Crippen LogP contribution in [0.25, 0.3) is 11.2 Å². The van der Waals surface area contributed by atoms with Gasteiger partial charge in [0.25, 0.3) is 0 Å². The summed E-state index contributed by atoms with van der Waals surface area (Å²) in [6.45, 7) is 6.55. The van der Waals surface area contributed by atoms with Crippen molar-refractivity contribution in [2.75, 3.05) is 6.54 Å². The van der Waals surface area contributed by atoms with Gasteiger partial charge in [-0.25, -0.2) is 14.6 Å². The second-order valence-electron chi connectivity index (χ2n) is 6.60. The van der Waals surface area contributed by atoms with Crippen molar-refractivity contribution in [3.63, 3.8) is 0 Å². The van der Waals surface area contributed by atoms with Crippen LogP contribution in [0.2, 0.25) is 0 Å². The summed E-state index contributed by atoms with van der Waals surface area (Å²) in [4.78, 5) is 27.9. The highest BCUT2D eigenvalue weighted by Crippen LogP contribution is 2.12. The van der Waals surface area contributed by atoms with Crippen LogP contribution in [0, 0.1) is 4.64 Å². The average molecular weight is 353 g/mol. The van der Waals surface area contributed by atoms with Gasteiger partial charge in [-0.3, -0.25) is 9.13 Å². The minimum Gasteiger partial charge on any atom is -0.444 e. The van der Waals surface area contributed by atoms with E-state index < -0.39 is 11.7 Å². The number of ether oxygens (including phenoxy) is 1. The Morgan fingerprint density at radius 2 is 2.00 bits per heavy atom. The first kappa shape index (κ1) is 18.2. The molecular weight excluding hydrogens is 330 g/mol. The normalized spacial score (nSPS) is 11.7. The summed E-state index contributed by atoms with van der Waals surface area (Å²) in [6, 6.07) is 0. The third-order valence-electron chi connectivity index (χ3n) is 3.46. The van der Waals surface area contributed by atoms with Crippen LogP contribution in [0.1, 0.15) is 27.2 Å². The number of nitrogens with zero attached hydrogens (tertiary/aromatic N) is 4. The van der Waals surface area contributed by atoms with E-state index in [-0.39, 0.29) is 5.69 Å². The molecule has 9 heteroatoms. The van der Waals surface area contributed by atoms with Gasteiger partial charge in [-0.1, -0.05) is 12.2 Å². The van der Waals surface area contributed by atoms with Crippen molar-refractivity contribution in [1.29, 1.82) is 0 Å². The number of hydrogen-bond donors (Lipinski definition) is 1. The number of carbonyl (C=O) groups excluding carboxylic acids is 1. The minimum atomic E-state index is -0.513. The topological polar surface area (TPSA) is 83.1 Å². The Labute approximate surface area is 145 Å². The van der Waals surface area contributed by atoms with Crippen LogP contribution < -0.4 is 11.0 Å². The van der Waals surface area contributed by atoms with Crippen LogP contribution >= 0.6 is 12.2 Å². The van der Waals surface area contributed by atoms with E-state index in [1.54, 1.807) is 20.4 Å². The Hall–Kier alpha value is -2.16. The fraction of sp³-hybridized carbons (Fsp3) is 0.600. The molecule has 0 saturated carbocycles. The average Bonchev–Trinajstić information content (AvgIpc) is 2.89. The molecule has 0 unspecified atom stereocenters. The van der Waals surface area contributed by atoms with E-state index in [2.05, 4.69) is 10.3 Å². The molecule has 0 radical (unpaired) electrons. The molecule has 1 N–H and O–H groups in total. The highest BCUT2D eigenvalue weighted by atomic mass is 32.1. The smallest absolute Gasteiger partial charge is 0.407 e. The first-order chi connectivity index (χ1) is 11.1. The standard InChI is InChI=1S/C15H23N5O3S/c1-15(2,3)23-13(21)16-7-6-8-20-9-17-11-10(20)12(24)19(5)14(22)18(11)4/h9H,6-8H2,1-5H3,(H,16,21). The molecule has 0 aromatic carbocycles. The Morgan fingerprint density at radius 3 is 2.62 bits per heavy atom. The molecule has 8 nitrogen and oxygen atoms in total. The van der Waals surface area contributed by atoms with Gasteiger partial charge >= 0.3 is 11.8 Å². The monoisotopic (exact) mass is 353 g/mol. The summed E-state index contributed by atoms with van der Waals surface area (Å²) >= 11 is 5.36. The van der Waals surface area contributed by atoms with Gasteiger partial charge in [0.2, 0.25) is 0 Å². The van der Waals surface area contributed by atoms with Gasteiger partial charge in [-0.15, -0.1) is 0 Å². The molecule has 0 spiro atoms. The summed E-state index contributed by atoms with van der Waals surface area (Å²) in [5.74, 6) is 0. The van der Waals surface area contributed by atoms with Crippen LogP contribution in [0.5, 0.6) is 0 Å². The number of amides is 1. The number of aromatic nitrogens is 4. The van der Waals surface area contributed by atoms with Crippen molar-refractivity contribution in [1.82, 2.24) is 24.0 Å². The molecule has 132 valence electrons. The van der Waals surface area contributed by atoms with Gasteiger partial charge in [0, 0.05) is 27.2 Å². The maximum atomic E-state index is 12.0. The van der Waals surface area contributed by atoms with Crippen LogP contribution in [0.15, 0.2) is 11.1 Å². The molecule has 0 atom stereocenters. The molecule has 0 aliphatic carbocycles. The number of carbonyl (C=O) groups is 1. The van der Waals surface area contributed by atoms with Crippen molar-refractivity contribution in [3.8, 4) is 0 Å². The van der Waals surface area contributed by atoms with Crippen LogP contribution in [0.4, 0.5) is 4.79 Å². The molecule has 0 saturated heterocycles. The number of nitrogens with one attached hydrogen (secondary N) is 1. The van der Waals surface area contributed by atoms with Crippen LogP contribution in [-0.4, -0.2) is 36.9 Å². The predicted molar refractivity (Wildman–Crippen MR) is 93.6 cm³/mol. The van der Waals surface area contributed by atoms with Crippen molar-refractivity contribution < 1.29 is 9.53 Å². The molecule has 0 fully saturated rings. The maximum Gasteiger partial charge on any atom is 0.407 e. The first-order valence-corrected chi connectivity index (χ1v) is 8.10. The fourth-order valence-corrected chi connectivity index (χ4v) is 2.61. The van der Waals surface area contributed by atoms with Gasteiger partial charge in [0.1, 0.15) is 15.8 Å². The zero-order valence-electron chi connectivity index (χ0n) is 14.6. The van der Waals surface area contributed by atoms with E-state index in [1.165, 1.54) is 9.13 Å². The van der Waals surface area contributed by atoms with Gasteiger partial charge in [0.05, 0.1) is 6.33 Å². The Bertz CT molecular complexity index is 872. The Kier molecular flexibility index (Phi) is 5.12. The quantitative estimate of drug-likeness (QED) is 0.668. The second-order valence-corrected chi connectivity index (χ2v) is 6.98. The largest absolute Gasteiger partial charge is 0.444 e. The first-order valence-electron chi connectivity index (χ1n) is 7.69. The fourth-order valence-electron chi connectivity index (χ4n) is 2.32. The molecule has 0 aliphatic rings. The number of aryl methyl sites for hydroxylation is 2. The molecule has 2 aromatic rings. The zero-order chi connectivity index (χ0) is 18.1. The highest BCUT2D eigenvalue weighted by Gasteiger charge is 2.15. The summed E-state index contributed by atoms with van der Waals surface area (Å²) in [7, 11) is 3.31. The SMILES string of the molecule is Cn1c(=S)c2c(ncn2CCCNC(=O)OC(C)(C)C)n(C)c1=O. The molecule has 2 aromatic heterocycles. The van der Waals surface area contributed by atoms with Crippen LogP contribution in [0.3, 0.4) is 0 Å². The van der Waals surface area contributed by atoms with E-state index in [9.17, 15) is 9.59 Å². The molecule has 0 bridgehead atoms. The summed E-state index contributed by atoms with van der Waals surface area (Å²) < 4.78 is 10.4. The van der Waals surface area contributed by atoms with E-state index >= 15 is 0 Å². The Balaban J connectivity index is 2.06. The van der Waals surface area contributed by atoms with Gasteiger partial charge in [0.15, 0.2) is 5.65 Å². The van der Waals surface area contributed by atoms with E-state index in [1.807, 2.05) is 25.3 Å². The molecule has 0 aliphatic heterocycles. The lowest BCUT2D eigenvalue weighted by molar-refractivity contribution is 0.0527. The molecule has 2 heterocycles. The van der Waals surface area contributed by atoms with Crippen molar-refractivity contribution in [2.24, 2.45) is 14.1 Å². The number of hydrogen-bond acceptors (Lipinski definition) is 5. The van der Waals surface area contributed by atoms with Gasteiger partial charge in [-0.2, -0.15) is 0 Å². The number of rotatable bonds is 4. The number of imidazole rings is 1. The second kappa shape index (κ2) is 6.76. The van der Waals surface area contributed by atoms with Crippen molar-refractivity contribution >= 4 is 29.5 Å². The third kappa shape index (κ3) is 3.84. The lowest BCUT2D eigenvalue weighted by Gasteiger charge is -2.19. The van der Waals surface area contributed by atoms with E-state index in [4.69, 9.17) is 17.0 Å². The number of alkyl carbamates (subject to hydrolysis) is 1. The van der Waals surface area contributed by atoms with Crippen molar-refractivity contribution in [2.45, 2.75) is 39.3 Å². The summed E-state index contributed by atoms with van der Waals surface area (Å²) in [6.07, 6.45) is 1.91. The highest BCUT2D eigenvalue weighted by molar-refractivity contribution is 7.71. The van der Waals surface area contributed by atoms with E-state index in [0.29, 0.717) is 29.8 Å². The van der Waals surface area contributed by atoms with Crippen LogP contribution in [-0.2, 0) is 25.4 Å². The summed E-state index contributed by atoms with van der Waals surface area (Å²) in [5.41, 5.74) is 0.584. The lowest BCUT2D eigenvalue weighted by atomic mass is 10.2. The molecular formula is C15H23N5O3S. The maximum absolute atomic E-state index is 12.0. The van der Waals surface area contributed by atoms with Gasteiger partial charge in [-0.05, 0) is 27.2 Å². The Morgan fingerprint density at radius 1 is 1.33 bits per heavy atom. The minimum absolute atomic E-state index is 0.204. The lowest BCUT2D eigenvalue weighted by Crippen LogP contribution is -2.33. The molecule has 2 rings (SSSR count). The van der Waals surface area contributed by atoms with Gasteiger partial charge < -0.3 is 14.6 Å². The third-order valence-corrected chi connectivity index (χ3v) is 3.93. The summed E-state index contributed by atoms with van der Waals surface area (Å²) in [5, 5.41) is 2.71. The molecule has 1 amide bonds. The predicted octanol–water partition coefficient (Wildman–Crippen LogP) is 1.72. The van der Waals surface area contributed by atoms with E-state index in [0.717, 1.165) is 5.52 Å². The zero-order valence-corrected chi connectivity index (χ0v) is 15.4. The number of fused-ring (bicyclic) bond motifs is 1. The molecule has 24 heavy (non-hydrogen) atoms. The van der Waals surface area contributed by atoms with Crippen molar-refractivity contribution in [3.05, 3.63) is 21.5 Å².